The largest absolute Gasteiger partial charge is 0.375 e. The summed E-state index contributed by atoms with van der Waals surface area (Å²) in [5.41, 5.74) is 4.23. The van der Waals surface area contributed by atoms with Crippen molar-refractivity contribution in [1.82, 2.24) is 0 Å². The van der Waals surface area contributed by atoms with Gasteiger partial charge in [0.05, 0.1) is 28.3 Å². The molecule has 32 heavy (non-hydrogen) atoms. The lowest BCUT2D eigenvalue weighted by Crippen LogP contribution is -2.33. The number of Topliss-reactive ketones (excluding diaryl/α,β-unsaturated/α-hetero) is 1. The molecule has 3 atom stereocenters. The van der Waals surface area contributed by atoms with Gasteiger partial charge in [0, 0.05) is 35.2 Å². The van der Waals surface area contributed by atoms with E-state index in [0.717, 1.165) is 22.6 Å². The molecule has 0 amide bonds. The van der Waals surface area contributed by atoms with Gasteiger partial charge in [-0.1, -0.05) is 54.1 Å². The summed E-state index contributed by atoms with van der Waals surface area (Å²) < 4.78 is 0. The molecule has 7 heteroatoms. The number of fused-ring (bicyclic) bond motifs is 2. The predicted octanol–water partition coefficient (Wildman–Crippen LogP) is 6.08. The third-order valence-electron chi connectivity index (χ3n) is 6.07. The molecule has 0 fully saturated rings. The van der Waals surface area contributed by atoms with Gasteiger partial charge < -0.3 is 10.6 Å². The molecular formula is C25H20ClN3O3. The summed E-state index contributed by atoms with van der Waals surface area (Å²) in [6.45, 7) is 0. The highest BCUT2D eigenvalue weighted by atomic mass is 35.5. The molecule has 5 rings (SSSR count). The van der Waals surface area contributed by atoms with E-state index in [4.69, 9.17) is 11.6 Å². The molecular weight excluding hydrogens is 426 g/mol. The molecule has 0 saturated heterocycles. The number of halogens is 1. The number of benzene rings is 3. The van der Waals surface area contributed by atoms with Gasteiger partial charge in [-0.15, -0.1) is 0 Å². The van der Waals surface area contributed by atoms with Gasteiger partial charge in [-0.2, -0.15) is 0 Å². The van der Waals surface area contributed by atoms with Gasteiger partial charge in [0.1, 0.15) is 5.78 Å². The number of rotatable bonds is 3. The van der Waals surface area contributed by atoms with E-state index in [1.165, 1.54) is 6.07 Å². The van der Waals surface area contributed by atoms with Crippen LogP contribution in [0.2, 0.25) is 5.02 Å². The molecule has 0 bridgehead atoms. The number of ketones is 1. The van der Waals surface area contributed by atoms with Crippen molar-refractivity contribution in [3.05, 3.63) is 111 Å². The third kappa shape index (κ3) is 3.74. The number of carbonyl (C=O) groups excluding carboxylic acids is 1. The molecule has 0 radical (unpaired) electrons. The number of para-hydroxylation sites is 2. The van der Waals surface area contributed by atoms with E-state index in [-0.39, 0.29) is 17.4 Å². The Balaban J connectivity index is 1.62. The second-order valence-electron chi connectivity index (χ2n) is 8.07. The smallest absolute Gasteiger partial charge is 0.269 e. The van der Waals surface area contributed by atoms with E-state index >= 15 is 0 Å². The van der Waals surface area contributed by atoms with Crippen LogP contribution in [0.15, 0.2) is 84.6 Å². The van der Waals surface area contributed by atoms with E-state index in [1.807, 2.05) is 54.6 Å². The number of anilines is 2. The topological polar surface area (TPSA) is 84.3 Å². The van der Waals surface area contributed by atoms with E-state index in [0.29, 0.717) is 17.0 Å². The molecule has 0 saturated carbocycles. The highest BCUT2D eigenvalue weighted by Gasteiger charge is 2.40. The number of allylic oxidation sites excluding steroid dienone is 1. The highest BCUT2D eigenvalue weighted by molar-refractivity contribution is 6.30. The van der Waals surface area contributed by atoms with E-state index < -0.39 is 16.9 Å². The van der Waals surface area contributed by atoms with Gasteiger partial charge >= 0.3 is 0 Å². The van der Waals surface area contributed by atoms with Crippen molar-refractivity contribution < 1.29 is 9.72 Å². The standard InChI is InChI=1S/C25H20ClN3O3/c26-18-10-8-15(9-11-18)17-13-22-24(23(30)14-17)25(16-4-3-5-19(12-16)29(31)32)28-21-7-2-1-6-20(21)27-22/h1-13,17,24-25,27-28H,14H2. The molecule has 160 valence electrons. The zero-order valence-corrected chi connectivity index (χ0v) is 17.8. The Labute approximate surface area is 190 Å². The maximum Gasteiger partial charge on any atom is 0.269 e. The first-order valence-corrected chi connectivity index (χ1v) is 10.7. The van der Waals surface area contributed by atoms with Crippen LogP contribution in [0, 0.1) is 16.0 Å². The first-order valence-electron chi connectivity index (χ1n) is 10.4. The fourth-order valence-electron chi connectivity index (χ4n) is 4.54. The minimum atomic E-state index is -0.493. The summed E-state index contributed by atoms with van der Waals surface area (Å²) in [5, 5.41) is 18.9. The molecule has 3 aromatic rings. The summed E-state index contributed by atoms with van der Waals surface area (Å²) in [6, 6.07) is 21.3. The molecule has 2 aliphatic rings. The molecule has 0 aromatic heterocycles. The second-order valence-corrected chi connectivity index (χ2v) is 8.51. The van der Waals surface area contributed by atoms with Gasteiger partial charge in [0.25, 0.3) is 5.69 Å². The van der Waals surface area contributed by atoms with Crippen molar-refractivity contribution in [3.63, 3.8) is 0 Å². The number of non-ortho nitro benzene ring substituents is 1. The maximum absolute atomic E-state index is 13.5. The third-order valence-corrected chi connectivity index (χ3v) is 6.32. The van der Waals surface area contributed by atoms with Crippen LogP contribution in [0.4, 0.5) is 17.1 Å². The summed E-state index contributed by atoms with van der Waals surface area (Å²) in [7, 11) is 0. The monoisotopic (exact) mass is 445 g/mol. The lowest BCUT2D eigenvalue weighted by Gasteiger charge is -2.32. The van der Waals surface area contributed by atoms with Gasteiger partial charge in [-0.3, -0.25) is 14.9 Å². The Bertz CT molecular complexity index is 1240. The number of hydrogen-bond donors (Lipinski definition) is 2. The van der Waals surface area contributed by atoms with Gasteiger partial charge in [0.2, 0.25) is 0 Å². The van der Waals surface area contributed by atoms with E-state index in [9.17, 15) is 14.9 Å². The van der Waals surface area contributed by atoms with Crippen LogP contribution in [0.5, 0.6) is 0 Å². The average molecular weight is 446 g/mol. The summed E-state index contributed by atoms with van der Waals surface area (Å²) in [4.78, 5) is 24.4. The first kappa shape index (κ1) is 20.3. The fourth-order valence-corrected chi connectivity index (χ4v) is 4.66. The van der Waals surface area contributed by atoms with Gasteiger partial charge in [-0.05, 0) is 35.4 Å². The maximum atomic E-state index is 13.5. The summed E-state index contributed by atoms with van der Waals surface area (Å²) >= 11 is 6.04. The number of nitro groups is 1. The zero-order valence-electron chi connectivity index (χ0n) is 17.0. The molecule has 3 unspecified atom stereocenters. The highest BCUT2D eigenvalue weighted by Crippen LogP contribution is 2.44. The minimum Gasteiger partial charge on any atom is -0.375 e. The Morgan fingerprint density at radius 1 is 0.938 bits per heavy atom. The van der Waals surface area contributed by atoms with Crippen LogP contribution >= 0.6 is 11.6 Å². The average Bonchev–Trinajstić information content (AvgIpc) is 2.96. The van der Waals surface area contributed by atoms with Crippen molar-refractivity contribution in [1.29, 1.82) is 0 Å². The van der Waals surface area contributed by atoms with Crippen LogP contribution in [-0.4, -0.2) is 10.7 Å². The Kier molecular flexibility index (Phi) is 5.15. The van der Waals surface area contributed by atoms with Gasteiger partial charge in [-0.25, -0.2) is 0 Å². The van der Waals surface area contributed by atoms with E-state index in [1.54, 1.807) is 12.1 Å². The number of nitrogens with zero attached hydrogens (tertiary/aromatic N) is 1. The fraction of sp³-hybridized carbons (Fsp3) is 0.160. The van der Waals surface area contributed by atoms with E-state index in [2.05, 4.69) is 16.7 Å². The second kappa shape index (κ2) is 8.13. The van der Waals surface area contributed by atoms with Crippen LogP contribution in [0.25, 0.3) is 0 Å². The number of carbonyl (C=O) groups is 1. The molecule has 3 aromatic carbocycles. The molecule has 1 heterocycles. The molecule has 0 spiro atoms. The number of nitro benzene ring substituents is 1. The normalized spacial score (nSPS) is 21.8. The quantitative estimate of drug-likeness (QED) is 0.376. The lowest BCUT2D eigenvalue weighted by molar-refractivity contribution is -0.384. The summed E-state index contributed by atoms with van der Waals surface area (Å²) in [5.74, 6) is -0.491. The van der Waals surface area contributed by atoms with Crippen molar-refractivity contribution in [3.8, 4) is 0 Å². The van der Waals surface area contributed by atoms with Crippen molar-refractivity contribution in [2.24, 2.45) is 5.92 Å². The van der Waals surface area contributed by atoms with Crippen LogP contribution < -0.4 is 10.6 Å². The van der Waals surface area contributed by atoms with Crippen molar-refractivity contribution in [2.75, 3.05) is 10.6 Å². The van der Waals surface area contributed by atoms with Crippen molar-refractivity contribution >= 4 is 34.4 Å². The van der Waals surface area contributed by atoms with Gasteiger partial charge in [0.15, 0.2) is 0 Å². The van der Waals surface area contributed by atoms with Crippen molar-refractivity contribution in [2.45, 2.75) is 18.4 Å². The molecule has 1 aliphatic carbocycles. The predicted molar refractivity (Wildman–Crippen MR) is 125 cm³/mol. The van der Waals surface area contributed by atoms with Crippen LogP contribution in [0.3, 0.4) is 0 Å². The number of hydrogen-bond acceptors (Lipinski definition) is 5. The van der Waals surface area contributed by atoms with Crippen LogP contribution in [0.1, 0.15) is 29.5 Å². The Hall–Kier alpha value is -3.64. The Morgan fingerprint density at radius 3 is 2.44 bits per heavy atom. The molecule has 2 N–H and O–H groups in total. The lowest BCUT2D eigenvalue weighted by atomic mass is 9.76. The Morgan fingerprint density at radius 2 is 1.69 bits per heavy atom. The molecule has 6 nitrogen and oxygen atoms in total. The first-order chi connectivity index (χ1) is 15.5. The van der Waals surface area contributed by atoms with Crippen LogP contribution in [-0.2, 0) is 4.79 Å². The SMILES string of the molecule is O=C1CC(c2ccc(Cl)cc2)C=C2Nc3ccccc3NC(c3cccc([N+](=O)[O-])c3)C12. The molecule has 1 aliphatic heterocycles. The zero-order chi connectivity index (χ0) is 22.2. The minimum absolute atomic E-state index is 0.00243. The number of nitrogens with one attached hydrogen (secondary N) is 2. The summed E-state index contributed by atoms with van der Waals surface area (Å²) in [6.07, 6.45) is 2.45.